The number of aromatic nitrogens is 2. The number of benzene rings is 3. The number of nitrogens with zero attached hydrogens (tertiary/aromatic N) is 3. The average molecular weight is 480 g/mol. The van der Waals surface area contributed by atoms with E-state index in [-0.39, 0.29) is 18.9 Å². The largest absolute Gasteiger partial charge is 0.480 e. The first-order valence-corrected chi connectivity index (χ1v) is 12.1. The maximum Gasteiger partial charge on any atom is 0.326 e. The van der Waals surface area contributed by atoms with Gasteiger partial charge in [0.25, 0.3) is 0 Å². The van der Waals surface area contributed by atoms with E-state index in [0.717, 1.165) is 28.1 Å². The van der Waals surface area contributed by atoms with Gasteiger partial charge in [-0.2, -0.15) is 0 Å². The van der Waals surface area contributed by atoms with E-state index in [4.69, 9.17) is 0 Å². The number of hydrogen-bond donors (Lipinski definition) is 1. The fourth-order valence-electron chi connectivity index (χ4n) is 5.00. The lowest BCUT2D eigenvalue weighted by Crippen LogP contribution is -2.50. The molecule has 0 radical (unpaired) electrons. The number of aryl methyl sites for hydroxylation is 2. The highest BCUT2D eigenvalue weighted by atomic mass is 16.4. The second kappa shape index (κ2) is 9.82. The van der Waals surface area contributed by atoms with E-state index in [1.165, 1.54) is 16.0 Å². The number of aliphatic carboxylic acids is 1. The Hall–Kier alpha value is -4.19. The third-order valence-electron chi connectivity index (χ3n) is 7.12. The summed E-state index contributed by atoms with van der Waals surface area (Å²) in [6, 6.07) is 24.5. The molecule has 182 valence electrons. The summed E-state index contributed by atoms with van der Waals surface area (Å²) in [5, 5.41) is 10.2. The summed E-state index contributed by atoms with van der Waals surface area (Å²) in [7, 11) is 0. The van der Waals surface area contributed by atoms with Gasteiger partial charge in [-0.1, -0.05) is 78.9 Å². The lowest BCUT2D eigenvalue weighted by Gasteiger charge is -2.35. The first-order valence-electron chi connectivity index (χ1n) is 12.1. The highest BCUT2D eigenvalue weighted by molar-refractivity contribution is 5.91. The number of fused-ring (bicyclic) bond motifs is 1. The third kappa shape index (κ3) is 4.54. The van der Waals surface area contributed by atoms with Gasteiger partial charge in [0, 0.05) is 18.7 Å². The second-order valence-corrected chi connectivity index (χ2v) is 9.46. The maximum absolute atomic E-state index is 14.0. The van der Waals surface area contributed by atoms with Gasteiger partial charge in [0.1, 0.15) is 6.04 Å². The molecule has 5 rings (SSSR count). The van der Waals surface area contributed by atoms with Crippen LogP contribution >= 0.6 is 0 Å². The first kappa shape index (κ1) is 23.5. The van der Waals surface area contributed by atoms with Crippen LogP contribution in [0.25, 0.3) is 0 Å². The zero-order valence-electron chi connectivity index (χ0n) is 20.5. The van der Waals surface area contributed by atoms with Crippen molar-refractivity contribution in [2.24, 2.45) is 0 Å². The van der Waals surface area contributed by atoms with Crippen molar-refractivity contribution >= 4 is 11.9 Å². The molecule has 1 atom stereocenters. The maximum atomic E-state index is 14.0. The second-order valence-electron chi connectivity index (χ2n) is 9.46. The summed E-state index contributed by atoms with van der Waals surface area (Å²) >= 11 is 0. The van der Waals surface area contributed by atoms with Crippen LogP contribution in [0.2, 0.25) is 0 Å². The molecule has 1 aliphatic heterocycles. The fourth-order valence-corrected chi connectivity index (χ4v) is 5.00. The van der Waals surface area contributed by atoms with Gasteiger partial charge in [-0.05, 0) is 41.7 Å². The molecule has 0 saturated carbocycles. The highest BCUT2D eigenvalue weighted by Crippen LogP contribution is 2.32. The molecule has 0 saturated heterocycles. The Kier molecular flexibility index (Phi) is 6.42. The number of imidazole rings is 1. The number of amides is 1. The van der Waals surface area contributed by atoms with Crippen molar-refractivity contribution in [2.45, 2.75) is 45.3 Å². The lowest BCUT2D eigenvalue weighted by atomic mass is 9.88. The Labute approximate surface area is 210 Å². The van der Waals surface area contributed by atoms with Crippen molar-refractivity contribution in [3.05, 3.63) is 124 Å². The molecule has 6 heteroatoms. The van der Waals surface area contributed by atoms with Crippen molar-refractivity contribution in [2.75, 3.05) is 0 Å². The lowest BCUT2D eigenvalue weighted by molar-refractivity contribution is -0.151. The van der Waals surface area contributed by atoms with E-state index in [1.807, 2.05) is 65.2 Å². The van der Waals surface area contributed by atoms with Crippen LogP contribution in [-0.4, -0.2) is 37.5 Å². The van der Waals surface area contributed by atoms with Crippen LogP contribution in [0.15, 0.2) is 85.2 Å². The summed E-state index contributed by atoms with van der Waals surface area (Å²) in [5.74, 6) is -1.82. The van der Waals surface area contributed by atoms with E-state index in [2.05, 4.69) is 37.0 Å². The molecule has 2 heterocycles. The minimum atomic E-state index is -1.01. The smallest absolute Gasteiger partial charge is 0.326 e. The topological polar surface area (TPSA) is 75.4 Å². The minimum Gasteiger partial charge on any atom is -0.480 e. The van der Waals surface area contributed by atoms with Crippen LogP contribution in [0.5, 0.6) is 0 Å². The molecular formula is C30H29N3O3. The zero-order chi connectivity index (χ0) is 25.2. The fraction of sp³-hybridized carbons (Fsp3) is 0.233. The van der Waals surface area contributed by atoms with Crippen LogP contribution in [0.4, 0.5) is 0 Å². The summed E-state index contributed by atoms with van der Waals surface area (Å²) in [5.41, 5.74) is 6.89. The Morgan fingerprint density at radius 3 is 2.17 bits per heavy atom. The van der Waals surface area contributed by atoms with Crippen LogP contribution in [0.1, 0.15) is 45.1 Å². The number of carboxylic acid groups (broad SMARTS) is 1. The van der Waals surface area contributed by atoms with Crippen molar-refractivity contribution in [3.63, 3.8) is 0 Å². The average Bonchev–Trinajstić information content (AvgIpc) is 3.28. The molecule has 1 aromatic heterocycles. The highest BCUT2D eigenvalue weighted by Gasteiger charge is 2.40. The van der Waals surface area contributed by atoms with Gasteiger partial charge in [-0.15, -0.1) is 0 Å². The molecule has 0 bridgehead atoms. The molecule has 1 aliphatic rings. The molecule has 4 aromatic rings. The van der Waals surface area contributed by atoms with E-state index in [9.17, 15) is 14.7 Å². The minimum absolute atomic E-state index is 0.168. The van der Waals surface area contributed by atoms with Crippen molar-refractivity contribution in [3.8, 4) is 0 Å². The summed E-state index contributed by atoms with van der Waals surface area (Å²) in [6.07, 6.45) is 1.98. The van der Waals surface area contributed by atoms with E-state index in [1.54, 1.807) is 6.33 Å². The quantitative estimate of drug-likeness (QED) is 0.434. The summed E-state index contributed by atoms with van der Waals surface area (Å²) in [4.78, 5) is 32.5. The van der Waals surface area contributed by atoms with Gasteiger partial charge in [-0.25, -0.2) is 9.78 Å². The van der Waals surface area contributed by atoms with Gasteiger partial charge in [0.2, 0.25) is 5.91 Å². The van der Waals surface area contributed by atoms with Gasteiger partial charge in [0.05, 0.1) is 24.5 Å². The predicted octanol–water partition coefficient (Wildman–Crippen LogP) is 4.72. The molecule has 0 fully saturated rings. The van der Waals surface area contributed by atoms with Crippen LogP contribution in [0, 0.1) is 13.8 Å². The van der Waals surface area contributed by atoms with Crippen LogP contribution in [0.3, 0.4) is 0 Å². The molecule has 0 unspecified atom stereocenters. The Balaban J connectivity index is 1.48. The number of carboxylic acids is 1. The number of hydrogen-bond acceptors (Lipinski definition) is 3. The van der Waals surface area contributed by atoms with E-state index < -0.39 is 17.9 Å². The molecule has 3 aromatic carbocycles. The van der Waals surface area contributed by atoms with Crippen LogP contribution < -0.4 is 0 Å². The van der Waals surface area contributed by atoms with E-state index in [0.29, 0.717) is 6.54 Å². The molecule has 6 nitrogen and oxygen atoms in total. The number of carbonyl (C=O) groups excluding carboxylic acids is 1. The molecule has 36 heavy (non-hydrogen) atoms. The molecule has 1 amide bonds. The molecule has 1 N–H and O–H groups in total. The summed E-state index contributed by atoms with van der Waals surface area (Å²) < 4.78 is 2.02. The van der Waals surface area contributed by atoms with Gasteiger partial charge >= 0.3 is 5.97 Å². The van der Waals surface area contributed by atoms with Crippen LogP contribution in [-0.2, 0) is 29.1 Å². The first-order chi connectivity index (χ1) is 17.4. The van der Waals surface area contributed by atoms with Crippen molar-refractivity contribution in [1.82, 2.24) is 14.5 Å². The Morgan fingerprint density at radius 1 is 0.944 bits per heavy atom. The molecular weight excluding hydrogens is 450 g/mol. The molecule has 0 spiro atoms. The van der Waals surface area contributed by atoms with Crippen molar-refractivity contribution < 1.29 is 14.7 Å². The SMILES string of the molecule is Cc1ccc(Cn2cnc3c2C[C@@H](C(=O)O)N(C(=O)C(c2ccccc2)c2ccccc2)C3)cc1C. The third-order valence-corrected chi connectivity index (χ3v) is 7.12. The number of carbonyl (C=O) groups is 2. The normalized spacial score (nSPS) is 15.1. The van der Waals surface area contributed by atoms with E-state index >= 15 is 0 Å². The predicted molar refractivity (Wildman–Crippen MR) is 138 cm³/mol. The molecule has 0 aliphatic carbocycles. The Morgan fingerprint density at radius 2 is 1.58 bits per heavy atom. The number of rotatable bonds is 6. The monoisotopic (exact) mass is 479 g/mol. The zero-order valence-corrected chi connectivity index (χ0v) is 20.5. The van der Waals surface area contributed by atoms with Gasteiger partial charge in [0.15, 0.2) is 0 Å². The van der Waals surface area contributed by atoms with Gasteiger partial charge < -0.3 is 14.6 Å². The van der Waals surface area contributed by atoms with Crippen molar-refractivity contribution in [1.29, 1.82) is 0 Å². The standard InChI is InChI=1S/C30H29N3O3/c1-20-13-14-22(15-21(20)2)17-32-19-31-25-18-33(27(30(35)36)16-26(25)32)29(34)28(23-9-5-3-6-10-23)24-11-7-4-8-12-24/h3-15,19,27-28H,16-18H2,1-2H3,(H,35,36)/t27-/m0/s1. The summed E-state index contributed by atoms with van der Waals surface area (Å²) in [6.45, 7) is 4.95. The Bertz CT molecular complexity index is 1360. The van der Waals surface area contributed by atoms with Gasteiger partial charge in [-0.3, -0.25) is 4.79 Å².